The van der Waals surface area contributed by atoms with E-state index in [0.717, 1.165) is 28.0 Å². The maximum atomic E-state index is 12.4. The Balaban J connectivity index is 2.21. The van der Waals surface area contributed by atoms with Gasteiger partial charge in [-0.15, -0.1) is 0 Å². The average molecular weight is 254 g/mol. The minimum atomic E-state index is 0.167. The van der Waals surface area contributed by atoms with Crippen LogP contribution in [0, 0.1) is 13.8 Å². The van der Waals surface area contributed by atoms with Crippen LogP contribution in [0.25, 0.3) is 0 Å². The van der Waals surface area contributed by atoms with Crippen molar-refractivity contribution in [3.8, 4) is 5.75 Å². The zero-order chi connectivity index (χ0) is 13.8. The van der Waals surface area contributed by atoms with E-state index in [1.807, 2.05) is 56.3 Å². The molecule has 0 aliphatic carbocycles. The third kappa shape index (κ3) is 3.02. The molecule has 2 aromatic rings. The molecule has 0 aromatic heterocycles. The van der Waals surface area contributed by atoms with Crippen molar-refractivity contribution < 1.29 is 9.53 Å². The molecule has 0 amide bonds. The van der Waals surface area contributed by atoms with Crippen LogP contribution in [0.15, 0.2) is 42.5 Å². The molecule has 0 aliphatic rings. The van der Waals surface area contributed by atoms with E-state index in [-0.39, 0.29) is 5.78 Å². The molecule has 0 bridgehead atoms. The number of hydrogen-bond acceptors (Lipinski definition) is 2. The second-order valence-electron chi connectivity index (χ2n) is 4.71. The quantitative estimate of drug-likeness (QED) is 0.777. The predicted octanol–water partition coefficient (Wildman–Crippen LogP) is 3.74. The van der Waals surface area contributed by atoms with E-state index in [0.29, 0.717) is 6.42 Å². The Kier molecular flexibility index (Phi) is 4.00. The standard InChI is InChI=1S/C17H18O2/c1-12-5-4-6-13(2)17(12)16(18)11-14-7-9-15(19-3)10-8-14/h4-10H,11H2,1-3H3. The highest BCUT2D eigenvalue weighted by Gasteiger charge is 2.12. The number of ketones is 1. The first kappa shape index (κ1) is 13.3. The van der Waals surface area contributed by atoms with Crippen LogP contribution in [0.2, 0.25) is 0 Å². The number of carbonyl (C=O) groups is 1. The highest BCUT2D eigenvalue weighted by molar-refractivity contribution is 6.00. The van der Waals surface area contributed by atoms with Gasteiger partial charge in [0.1, 0.15) is 5.75 Å². The molecule has 0 unspecified atom stereocenters. The van der Waals surface area contributed by atoms with Gasteiger partial charge < -0.3 is 4.74 Å². The fraction of sp³-hybridized carbons (Fsp3) is 0.235. The third-order valence-electron chi connectivity index (χ3n) is 3.28. The summed E-state index contributed by atoms with van der Waals surface area (Å²) in [6.07, 6.45) is 0.426. The van der Waals surface area contributed by atoms with Gasteiger partial charge in [0.2, 0.25) is 0 Å². The summed E-state index contributed by atoms with van der Waals surface area (Å²) in [5, 5.41) is 0. The molecule has 2 heteroatoms. The summed E-state index contributed by atoms with van der Waals surface area (Å²) in [7, 11) is 1.64. The molecular weight excluding hydrogens is 236 g/mol. The topological polar surface area (TPSA) is 26.3 Å². The van der Waals surface area contributed by atoms with E-state index >= 15 is 0 Å². The molecule has 98 valence electrons. The summed E-state index contributed by atoms with van der Waals surface area (Å²) in [4.78, 5) is 12.4. The molecule has 0 saturated carbocycles. The molecule has 0 atom stereocenters. The summed E-state index contributed by atoms with van der Waals surface area (Å²) in [5.74, 6) is 0.976. The normalized spacial score (nSPS) is 10.3. The van der Waals surface area contributed by atoms with E-state index in [1.165, 1.54) is 0 Å². The third-order valence-corrected chi connectivity index (χ3v) is 3.28. The van der Waals surface area contributed by atoms with Gasteiger partial charge in [-0.05, 0) is 42.7 Å². The zero-order valence-corrected chi connectivity index (χ0v) is 11.6. The van der Waals surface area contributed by atoms with Crippen LogP contribution in [-0.4, -0.2) is 12.9 Å². The van der Waals surface area contributed by atoms with E-state index in [9.17, 15) is 4.79 Å². The van der Waals surface area contributed by atoms with Gasteiger partial charge in [0, 0.05) is 12.0 Å². The number of aryl methyl sites for hydroxylation is 2. The van der Waals surface area contributed by atoms with Gasteiger partial charge in [-0.1, -0.05) is 30.3 Å². The van der Waals surface area contributed by atoms with Gasteiger partial charge in [-0.3, -0.25) is 4.79 Å². The minimum Gasteiger partial charge on any atom is -0.497 e. The van der Waals surface area contributed by atoms with Gasteiger partial charge in [-0.25, -0.2) is 0 Å². The highest BCUT2D eigenvalue weighted by Crippen LogP contribution is 2.18. The highest BCUT2D eigenvalue weighted by atomic mass is 16.5. The molecule has 2 aromatic carbocycles. The molecule has 0 fully saturated rings. The van der Waals surface area contributed by atoms with Crippen LogP contribution in [0.5, 0.6) is 5.75 Å². The second kappa shape index (κ2) is 5.70. The maximum absolute atomic E-state index is 12.4. The first-order chi connectivity index (χ1) is 9.11. The van der Waals surface area contributed by atoms with Gasteiger partial charge in [0.15, 0.2) is 5.78 Å². The largest absolute Gasteiger partial charge is 0.497 e. The molecule has 2 nitrogen and oxygen atoms in total. The van der Waals surface area contributed by atoms with Crippen LogP contribution in [-0.2, 0) is 6.42 Å². The van der Waals surface area contributed by atoms with E-state index in [2.05, 4.69) is 0 Å². The van der Waals surface area contributed by atoms with E-state index < -0.39 is 0 Å². The molecule has 2 rings (SSSR count). The summed E-state index contributed by atoms with van der Waals surface area (Å²) in [6, 6.07) is 13.6. The van der Waals surface area contributed by atoms with Gasteiger partial charge >= 0.3 is 0 Å². The molecule has 0 aliphatic heterocycles. The van der Waals surface area contributed by atoms with Crippen LogP contribution >= 0.6 is 0 Å². The lowest BCUT2D eigenvalue weighted by Gasteiger charge is -2.09. The van der Waals surface area contributed by atoms with Crippen LogP contribution in [0.4, 0.5) is 0 Å². The van der Waals surface area contributed by atoms with Crippen molar-refractivity contribution in [2.75, 3.05) is 7.11 Å². The number of hydrogen-bond donors (Lipinski definition) is 0. The Morgan fingerprint density at radius 2 is 1.58 bits per heavy atom. The first-order valence-corrected chi connectivity index (χ1v) is 6.34. The Bertz CT molecular complexity index is 562. The minimum absolute atomic E-state index is 0.167. The lowest BCUT2D eigenvalue weighted by molar-refractivity contribution is 0.0992. The lowest BCUT2D eigenvalue weighted by atomic mass is 9.95. The molecular formula is C17H18O2. The Hall–Kier alpha value is -2.09. The number of benzene rings is 2. The molecule has 0 radical (unpaired) electrons. The van der Waals surface area contributed by atoms with Crippen molar-refractivity contribution in [2.45, 2.75) is 20.3 Å². The zero-order valence-electron chi connectivity index (χ0n) is 11.6. The van der Waals surface area contributed by atoms with Crippen molar-refractivity contribution in [2.24, 2.45) is 0 Å². The number of rotatable bonds is 4. The monoisotopic (exact) mass is 254 g/mol. The van der Waals surface area contributed by atoms with Gasteiger partial charge in [0.25, 0.3) is 0 Å². The molecule has 0 saturated heterocycles. The number of carbonyl (C=O) groups excluding carboxylic acids is 1. The van der Waals surface area contributed by atoms with E-state index in [1.54, 1.807) is 7.11 Å². The van der Waals surface area contributed by atoms with Crippen molar-refractivity contribution in [3.05, 3.63) is 64.7 Å². The second-order valence-corrected chi connectivity index (χ2v) is 4.71. The summed E-state index contributed by atoms with van der Waals surface area (Å²) in [6.45, 7) is 3.96. The fourth-order valence-corrected chi connectivity index (χ4v) is 2.27. The van der Waals surface area contributed by atoms with Crippen LogP contribution in [0.1, 0.15) is 27.0 Å². The molecule has 19 heavy (non-hydrogen) atoms. The fourth-order valence-electron chi connectivity index (χ4n) is 2.27. The smallest absolute Gasteiger partial charge is 0.167 e. The Morgan fingerprint density at radius 3 is 2.11 bits per heavy atom. The van der Waals surface area contributed by atoms with Crippen LogP contribution in [0.3, 0.4) is 0 Å². The lowest BCUT2D eigenvalue weighted by Crippen LogP contribution is -2.07. The number of Topliss-reactive ketones (excluding diaryl/α,β-unsaturated/α-hetero) is 1. The van der Waals surface area contributed by atoms with Crippen molar-refractivity contribution in [1.82, 2.24) is 0 Å². The summed E-state index contributed by atoms with van der Waals surface area (Å²) >= 11 is 0. The average Bonchev–Trinajstić information content (AvgIpc) is 2.39. The summed E-state index contributed by atoms with van der Waals surface area (Å²) in [5.41, 5.74) is 3.93. The number of methoxy groups -OCH3 is 1. The predicted molar refractivity (Wildman–Crippen MR) is 76.9 cm³/mol. The van der Waals surface area contributed by atoms with Crippen molar-refractivity contribution in [3.63, 3.8) is 0 Å². The molecule has 0 spiro atoms. The number of ether oxygens (including phenoxy) is 1. The Labute approximate surface area is 114 Å². The van der Waals surface area contributed by atoms with Crippen LogP contribution < -0.4 is 4.74 Å². The Morgan fingerprint density at radius 1 is 1.00 bits per heavy atom. The van der Waals surface area contributed by atoms with Crippen molar-refractivity contribution in [1.29, 1.82) is 0 Å². The SMILES string of the molecule is COc1ccc(CC(=O)c2c(C)cccc2C)cc1. The van der Waals surface area contributed by atoms with Crippen molar-refractivity contribution >= 4 is 5.78 Å². The van der Waals surface area contributed by atoms with Gasteiger partial charge in [0.05, 0.1) is 7.11 Å². The molecule has 0 heterocycles. The maximum Gasteiger partial charge on any atom is 0.167 e. The van der Waals surface area contributed by atoms with Gasteiger partial charge in [-0.2, -0.15) is 0 Å². The molecule has 0 N–H and O–H groups in total. The van der Waals surface area contributed by atoms with E-state index in [4.69, 9.17) is 4.74 Å². The summed E-state index contributed by atoms with van der Waals surface area (Å²) < 4.78 is 5.11. The first-order valence-electron chi connectivity index (χ1n) is 6.34.